The first-order valence-corrected chi connectivity index (χ1v) is 15.3. The van der Waals surface area contributed by atoms with Crippen molar-refractivity contribution >= 4 is 22.6 Å². The number of nitrogens with one attached hydrogen (secondary N) is 1. The minimum Gasteiger partial charge on any atom is -0.465 e. The number of piperazine rings is 1. The molecule has 8 rings (SSSR count). The van der Waals surface area contributed by atoms with Gasteiger partial charge in [-0.1, -0.05) is 51.1 Å². The molecule has 0 saturated carbocycles. The number of pyridine rings is 1. The lowest BCUT2D eigenvalue weighted by Gasteiger charge is -2.48. The van der Waals surface area contributed by atoms with E-state index in [1.807, 2.05) is 47.2 Å². The van der Waals surface area contributed by atoms with Gasteiger partial charge in [-0.25, -0.2) is 14.3 Å². The van der Waals surface area contributed by atoms with E-state index >= 15 is 0 Å². The average molecular weight is 599 g/mol. The molecular formula is C35H34N8O2. The number of hydrogen-bond acceptors (Lipinski definition) is 6. The quantitative estimate of drug-likeness (QED) is 0.237. The Labute approximate surface area is 260 Å². The van der Waals surface area contributed by atoms with Crippen LogP contribution < -0.4 is 0 Å². The normalized spacial score (nSPS) is 20.1. The second-order valence-corrected chi connectivity index (χ2v) is 13.3. The third-order valence-corrected chi connectivity index (χ3v) is 9.93. The largest absolute Gasteiger partial charge is 0.465 e. The maximum atomic E-state index is 12.2. The van der Waals surface area contributed by atoms with E-state index in [9.17, 15) is 9.90 Å². The molecule has 2 aromatic carbocycles. The number of rotatable bonds is 5. The summed E-state index contributed by atoms with van der Waals surface area (Å²) in [5.74, 6) is 0. The lowest BCUT2D eigenvalue weighted by Crippen LogP contribution is -2.61. The Balaban J connectivity index is 1.20. The fourth-order valence-electron chi connectivity index (χ4n) is 7.58. The summed E-state index contributed by atoms with van der Waals surface area (Å²) in [5.41, 5.74) is 8.05. The summed E-state index contributed by atoms with van der Waals surface area (Å²) in [4.78, 5) is 25.4. The predicted molar refractivity (Wildman–Crippen MR) is 172 cm³/mol. The smallest absolute Gasteiger partial charge is 0.407 e. The van der Waals surface area contributed by atoms with Gasteiger partial charge in [-0.3, -0.25) is 19.9 Å². The number of H-pyrrole nitrogens is 1. The summed E-state index contributed by atoms with van der Waals surface area (Å²) < 4.78 is 1.94. The van der Waals surface area contributed by atoms with E-state index in [1.54, 1.807) is 17.3 Å². The van der Waals surface area contributed by atoms with Crippen LogP contribution >= 0.6 is 0 Å². The van der Waals surface area contributed by atoms with Gasteiger partial charge in [0.1, 0.15) is 5.69 Å². The third-order valence-electron chi connectivity index (χ3n) is 9.93. The molecule has 2 N–H and O–H groups in total. The minimum absolute atomic E-state index is 0.162. The molecule has 2 aliphatic rings. The van der Waals surface area contributed by atoms with Crippen molar-refractivity contribution in [3.05, 3.63) is 91.0 Å². The molecule has 0 spiro atoms. The van der Waals surface area contributed by atoms with Gasteiger partial charge in [0.05, 0.1) is 28.5 Å². The van der Waals surface area contributed by atoms with Gasteiger partial charge in [0.2, 0.25) is 0 Å². The maximum absolute atomic E-state index is 12.2. The van der Waals surface area contributed by atoms with Gasteiger partial charge < -0.3 is 5.11 Å². The number of nitrogens with zero attached hydrogens (tertiary/aromatic N) is 7. The highest BCUT2D eigenvalue weighted by Gasteiger charge is 2.61. The van der Waals surface area contributed by atoms with Gasteiger partial charge in [-0.05, 0) is 53.3 Å². The Bertz CT molecular complexity index is 2080. The van der Waals surface area contributed by atoms with Crippen LogP contribution in [0.4, 0.5) is 4.79 Å². The fourth-order valence-corrected chi connectivity index (χ4v) is 7.58. The fraction of sp³-hybridized carbons (Fsp3) is 0.286. The topological polar surface area (TPSA) is 116 Å². The first kappa shape index (κ1) is 27.5. The van der Waals surface area contributed by atoms with Crippen LogP contribution in [0.25, 0.3) is 50.2 Å². The van der Waals surface area contributed by atoms with Crippen molar-refractivity contribution in [2.24, 2.45) is 5.41 Å². The molecule has 0 aliphatic carbocycles. The molecule has 45 heavy (non-hydrogen) atoms. The Morgan fingerprint density at radius 3 is 2.67 bits per heavy atom. The van der Waals surface area contributed by atoms with E-state index in [4.69, 9.17) is 10.1 Å². The summed E-state index contributed by atoms with van der Waals surface area (Å²) in [5, 5.41) is 23.5. The zero-order chi connectivity index (χ0) is 30.9. The van der Waals surface area contributed by atoms with Gasteiger partial charge in [0.25, 0.3) is 0 Å². The van der Waals surface area contributed by atoms with Crippen molar-refractivity contribution in [3.8, 4) is 33.6 Å². The molecule has 1 amide bonds. The monoisotopic (exact) mass is 598 g/mol. The number of aromatic amines is 1. The van der Waals surface area contributed by atoms with Gasteiger partial charge in [-0.15, -0.1) is 0 Å². The van der Waals surface area contributed by atoms with E-state index in [0.29, 0.717) is 6.54 Å². The highest BCUT2D eigenvalue weighted by molar-refractivity contribution is 6.02. The zero-order valence-electron chi connectivity index (χ0n) is 25.5. The SMILES string of the molecule is CC(C)(C)[C@]12C[C@@H](CN1C(=O)O)N(Cc1cccc(-c3ccnc4c(-c5cccc6[nH]ncc56)c(-c5ccncc5)nn34)c1)C2. The molecule has 226 valence electrons. The van der Waals surface area contributed by atoms with Crippen molar-refractivity contribution in [2.75, 3.05) is 13.1 Å². The van der Waals surface area contributed by atoms with Gasteiger partial charge in [0.15, 0.2) is 5.65 Å². The molecule has 6 aromatic rings. The summed E-state index contributed by atoms with van der Waals surface area (Å²) >= 11 is 0. The van der Waals surface area contributed by atoms with Crippen LogP contribution in [-0.4, -0.2) is 75.4 Å². The van der Waals surface area contributed by atoms with Crippen LogP contribution in [-0.2, 0) is 6.54 Å². The van der Waals surface area contributed by atoms with Crippen molar-refractivity contribution in [2.45, 2.75) is 45.3 Å². The van der Waals surface area contributed by atoms with Crippen LogP contribution in [0, 0.1) is 5.41 Å². The number of carbonyl (C=O) groups is 1. The van der Waals surface area contributed by atoms with E-state index in [-0.39, 0.29) is 17.0 Å². The highest BCUT2D eigenvalue weighted by atomic mass is 16.4. The zero-order valence-corrected chi connectivity index (χ0v) is 25.5. The second kappa shape index (κ2) is 9.97. The Hall–Kier alpha value is -5.09. The maximum Gasteiger partial charge on any atom is 0.407 e. The number of hydrogen-bond donors (Lipinski definition) is 2. The lowest BCUT2D eigenvalue weighted by atomic mass is 9.73. The van der Waals surface area contributed by atoms with Crippen LogP contribution in [0.5, 0.6) is 0 Å². The number of aromatic nitrogens is 6. The number of benzene rings is 2. The van der Waals surface area contributed by atoms with Crippen LogP contribution in [0.15, 0.2) is 85.5 Å². The van der Waals surface area contributed by atoms with Crippen LogP contribution in [0.2, 0.25) is 0 Å². The average Bonchev–Trinajstić information content (AvgIpc) is 3.82. The molecule has 10 nitrogen and oxygen atoms in total. The van der Waals surface area contributed by atoms with E-state index in [2.05, 4.69) is 71.2 Å². The highest BCUT2D eigenvalue weighted by Crippen LogP contribution is 2.50. The van der Waals surface area contributed by atoms with Gasteiger partial charge in [-0.2, -0.15) is 10.2 Å². The number of likely N-dealkylation sites (tertiary alicyclic amines) is 2. The molecule has 2 atom stereocenters. The summed E-state index contributed by atoms with van der Waals surface area (Å²) in [6, 6.07) is 20.9. The number of amides is 1. The van der Waals surface area contributed by atoms with Crippen molar-refractivity contribution in [3.63, 3.8) is 0 Å². The lowest BCUT2D eigenvalue weighted by molar-refractivity contribution is 0.000908. The van der Waals surface area contributed by atoms with E-state index in [1.165, 1.54) is 5.56 Å². The van der Waals surface area contributed by atoms with Crippen molar-refractivity contribution < 1.29 is 9.90 Å². The van der Waals surface area contributed by atoms with Crippen molar-refractivity contribution in [1.82, 2.24) is 39.6 Å². The summed E-state index contributed by atoms with van der Waals surface area (Å²) in [6.07, 6.45) is 7.31. The van der Waals surface area contributed by atoms with Gasteiger partial charge >= 0.3 is 6.09 Å². The van der Waals surface area contributed by atoms with E-state index < -0.39 is 6.09 Å². The molecule has 2 bridgehead atoms. The van der Waals surface area contributed by atoms with E-state index in [0.717, 1.165) is 69.7 Å². The first-order chi connectivity index (χ1) is 21.7. The molecule has 2 aliphatic heterocycles. The molecule has 0 radical (unpaired) electrons. The van der Waals surface area contributed by atoms with Crippen LogP contribution in [0.1, 0.15) is 32.8 Å². The molecular weight excluding hydrogens is 564 g/mol. The summed E-state index contributed by atoms with van der Waals surface area (Å²) in [6.45, 7) is 8.53. The first-order valence-electron chi connectivity index (χ1n) is 15.3. The van der Waals surface area contributed by atoms with Crippen molar-refractivity contribution in [1.29, 1.82) is 0 Å². The minimum atomic E-state index is -0.815. The number of carboxylic acid groups (broad SMARTS) is 1. The standard InChI is InChI=1S/C35H34N8O2/c1-34(2,3)35-17-25(20-42(35)33(44)45)41(21-35)19-22-6-4-7-24(16-22)29-12-15-37-32-30(26-8-5-9-28-27(26)18-38-39-28)31(40-43(29)32)23-10-13-36-14-11-23/h4-16,18,25H,17,19-21H2,1-3H3,(H,38,39)(H,44,45)/t25-,35+/m0/s1. The summed E-state index contributed by atoms with van der Waals surface area (Å²) in [7, 11) is 0. The Kier molecular flexibility index (Phi) is 6.08. The second-order valence-electron chi connectivity index (χ2n) is 13.3. The van der Waals surface area contributed by atoms with Gasteiger partial charge in [0, 0.05) is 60.8 Å². The van der Waals surface area contributed by atoms with Crippen LogP contribution in [0.3, 0.4) is 0 Å². The molecule has 10 heteroatoms. The molecule has 4 aromatic heterocycles. The predicted octanol–water partition coefficient (Wildman–Crippen LogP) is 6.35. The molecule has 6 heterocycles. The number of fused-ring (bicyclic) bond motifs is 4. The third kappa shape index (κ3) is 4.23. The molecule has 2 fully saturated rings. The molecule has 2 saturated heterocycles. The Morgan fingerprint density at radius 1 is 1.04 bits per heavy atom. The molecule has 0 unspecified atom stereocenters. The Morgan fingerprint density at radius 2 is 1.87 bits per heavy atom.